The van der Waals surface area contributed by atoms with Crippen LogP contribution in [0.15, 0.2) is 29.4 Å². The van der Waals surface area contributed by atoms with Gasteiger partial charge in [0.1, 0.15) is 7.11 Å². The molecule has 1 aromatic carbocycles. The van der Waals surface area contributed by atoms with Crippen molar-refractivity contribution in [2.45, 2.75) is 6.92 Å². The number of oxime groups is 1. The Kier molecular flexibility index (Phi) is 6.24. The Labute approximate surface area is 110 Å². The second-order valence-corrected chi connectivity index (χ2v) is 2.74. The van der Waals surface area contributed by atoms with E-state index >= 15 is 0 Å². The molecule has 5 heteroatoms. The number of rotatable bonds is 3. The van der Waals surface area contributed by atoms with E-state index in [1.54, 1.807) is 12.1 Å². The van der Waals surface area contributed by atoms with E-state index in [9.17, 15) is 4.79 Å². The largest absolute Gasteiger partial charge is 0.476 e. The van der Waals surface area contributed by atoms with Crippen molar-refractivity contribution >= 4 is 41.2 Å². The minimum atomic E-state index is -1.10. The summed E-state index contributed by atoms with van der Waals surface area (Å²) >= 11 is 0. The third-order valence-electron chi connectivity index (χ3n) is 1.79. The summed E-state index contributed by atoms with van der Waals surface area (Å²) in [5, 5.41) is 12.3. The van der Waals surface area contributed by atoms with Gasteiger partial charge in [-0.25, -0.2) is 4.79 Å². The number of carbonyl (C=O) groups is 1. The van der Waals surface area contributed by atoms with Crippen LogP contribution < -0.4 is 0 Å². The predicted molar refractivity (Wildman–Crippen MR) is 58.1 cm³/mol. The van der Waals surface area contributed by atoms with Crippen molar-refractivity contribution in [1.82, 2.24) is 0 Å². The molecule has 0 unspecified atom stereocenters. The van der Waals surface area contributed by atoms with Gasteiger partial charge in [-0.2, -0.15) is 0 Å². The summed E-state index contributed by atoms with van der Waals surface area (Å²) in [5.41, 5.74) is 1.35. The fourth-order valence-electron chi connectivity index (χ4n) is 1.13. The Bertz CT molecular complexity index is 377. The molecule has 1 aromatic rings. The summed E-state index contributed by atoms with van der Waals surface area (Å²) in [7, 11) is 1.32. The number of carboxylic acid groups (broad SMARTS) is 1. The van der Waals surface area contributed by atoms with Gasteiger partial charge in [0.25, 0.3) is 0 Å². The summed E-state index contributed by atoms with van der Waals surface area (Å²) in [4.78, 5) is 15.3. The minimum absolute atomic E-state index is 0. The van der Waals surface area contributed by atoms with Gasteiger partial charge in [-0.3, -0.25) is 0 Å². The van der Waals surface area contributed by atoms with E-state index in [4.69, 9.17) is 5.11 Å². The summed E-state index contributed by atoms with van der Waals surface area (Å²) < 4.78 is 0. The first-order valence-corrected chi connectivity index (χ1v) is 4.07. The van der Waals surface area contributed by atoms with Crippen molar-refractivity contribution in [3.63, 3.8) is 0 Å². The van der Waals surface area contributed by atoms with Crippen LogP contribution in [-0.4, -0.2) is 53.5 Å². The third-order valence-corrected chi connectivity index (χ3v) is 1.79. The standard InChI is InChI=1S/C10H11NO3.Na/c1-7-5-3-4-6-8(7)9(10(12)13)11-14-2;/h3-6H,1-2H3,(H,12,13);. The first-order valence-electron chi connectivity index (χ1n) is 4.07. The first-order chi connectivity index (χ1) is 6.66. The molecule has 75 valence electrons. The molecule has 0 aliphatic carbocycles. The number of benzene rings is 1. The number of nitrogens with zero attached hydrogens (tertiary/aromatic N) is 1. The Morgan fingerprint density at radius 3 is 2.47 bits per heavy atom. The van der Waals surface area contributed by atoms with Gasteiger partial charge in [0.2, 0.25) is 0 Å². The zero-order chi connectivity index (χ0) is 10.6. The van der Waals surface area contributed by atoms with Crippen molar-refractivity contribution < 1.29 is 14.7 Å². The maximum Gasteiger partial charge on any atom is 0.358 e. The first kappa shape index (κ1) is 14.2. The minimum Gasteiger partial charge on any atom is -0.476 e. The van der Waals surface area contributed by atoms with Crippen molar-refractivity contribution in [1.29, 1.82) is 0 Å². The van der Waals surface area contributed by atoms with Gasteiger partial charge in [-0.1, -0.05) is 29.4 Å². The average Bonchev–Trinajstić information content (AvgIpc) is 2.15. The van der Waals surface area contributed by atoms with Crippen LogP contribution >= 0.6 is 0 Å². The molecule has 4 nitrogen and oxygen atoms in total. The van der Waals surface area contributed by atoms with Crippen LogP contribution in [0.3, 0.4) is 0 Å². The molecule has 0 atom stereocenters. The van der Waals surface area contributed by atoms with Crippen molar-refractivity contribution in [2.75, 3.05) is 7.11 Å². The van der Waals surface area contributed by atoms with Gasteiger partial charge in [-0.15, -0.1) is 0 Å². The van der Waals surface area contributed by atoms with Gasteiger partial charge < -0.3 is 9.94 Å². The van der Waals surface area contributed by atoms with Crippen LogP contribution in [0.1, 0.15) is 11.1 Å². The van der Waals surface area contributed by atoms with Crippen LogP contribution in [0.5, 0.6) is 0 Å². The maximum absolute atomic E-state index is 10.8. The van der Waals surface area contributed by atoms with Gasteiger partial charge in [-0.05, 0) is 12.5 Å². The van der Waals surface area contributed by atoms with E-state index in [1.807, 2.05) is 19.1 Å². The van der Waals surface area contributed by atoms with E-state index in [1.165, 1.54) is 7.11 Å². The second kappa shape index (κ2) is 6.61. The molecule has 0 aromatic heterocycles. The quantitative estimate of drug-likeness (QED) is 0.466. The maximum atomic E-state index is 10.8. The van der Waals surface area contributed by atoms with Crippen molar-refractivity contribution in [3.8, 4) is 0 Å². The number of carboxylic acids is 1. The Balaban J connectivity index is 0.00000196. The molecular weight excluding hydrogens is 205 g/mol. The van der Waals surface area contributed by atoms with Crippen LogP contribution in [0, 0.1) is 6.92 Å². The molecule has 1 rings (SSSR count). The van der Waals surface area contributed by atoms with E-state index in [0.29, 0.717) is 5.56 Å². The van der Waals surface area contributed by atoms with E-state index in [-0.39, 0.29) is 35.3 Å². The van der Waals surface area contributed by atoms with Gasteiger partial charge >= 0.3 is 5.97 Å². The van der Waals surface area contributed by atoms with E-state index in [2.05, 4.69) is 9.99 Å². The normalized spacial score (nSPS) is 10.4. The summed E-state index contributed by atoms with van der Waals surface area (Å²) in [6.45, 7) is 1.82. The Morgan fingerprint density at radius 2 is 2.00 bits per heavy atom. The Morgan fingerprint density at radius 1 is 1.40 bits per heavy atom. The molecule has 0 amide bonds. The fourth-order valence-corrected chi connectivity index (χ4v) is 1.13. The zero-order valence-electron chi connectivity index (χ0n) is 9.02. The van der Waals surface area contributed by atoms with Crippen LogP contribution in [-0.2, 0) is 9.63 Å². The van der Waals surface area contributed by atoms with Gasteiger partial charge in [0, 0.05) is 35.1 Å². The SMILES string of the molecule is CON=C(C(=O)O)c1ccccc1C.[Na]. The summed E-state index contributed by atoms with van der Waals surface area (Å²) in [6, 6.07) is 7.12. The van der Waals surface area contributed by atoms with E-state index < -0.39 is 5.97 Å². The Hall–Kier alpha value is -0.840. The second-order valence-electron chi connectivity index (χ2n) is 2.74. The number of hydrogen-bond donors (Lipinski definition) is 1. The van der Waals surface area contributed by atoms with E-state index in [0.717, 1.165) is 5.56 Å². The molecule has 0 saturated carbocycles. The molecule has 1 radical (unpaired) electrons. The molecule has 0 saturated heterocycles. The van der Waals surface area contributed by atoms with Crippen LogP contribution in [0.2, 0.25) is 0 Å². The molecular formula is C10H11NNaO3. The third kappa shape index (κ3) is 3.66. The summed E-state index contributed by atoms with van der Waals surface area (Å²) in [5.74, 6) is -1.10. The van der Waals surface area contributed by atoms with Gasteiger partial charge in [0.15, 0.2) is 5.71 Å². The molecule has 0 heterocycles. The summed E-state index contributed by atoms with van der Waals surface area (Å²) in [6.07, 6.45) is 0. The number of aryl methyl sites for hydroxylation is 1. The smallest absolute Gasteiger partial charge is 0.358 e. The molecule has 1 N–H and O–H groups in total. The molecule has 0 bridgehead atoms. The topological polar surface area (TPSA) is 58.9 Å². The molecule has 0 aliphatic rings. The van der Waals surface area contributed by atoms with Crippen LogP contribution in [0.25, 0.3) is 0 Å². The zero-order valence-corrected chi connectivity index (χ0v) is 11.0. The predicted octanol–water partition coefficient (Wildman–Crippen LogP) is 1.05. The molecule has 15 heavy (non-hydrogen) atoms. The number of aliphatic carboxylic acids is 1. The van der Waals surface area contributed by atoms with Crippen molar-refractivity contribution in [3.05, 3.63) is 35.4 Å². The van der Waals surface area contributed by atoms with Crippen LogP contribution in [0.4, 0.5) is 0 Å². The average molecular weight is 216 g/mol. The molecule has 0 spiro atoms. The molecule has 0 fully saturated rings. The van der Waals surface area contributed by atoms with Gasteiger partial charge in [0.05, 0.1) is 0 Å². The number of hydrogen-bond acceptors (Lipinski definition) is 3. The van der Waals surface area contributed by atoms with Crippen molar-refractivity contribution in [2.24, 2.45) is 5.16 Å². The monoisotopic (exact) mass is 216 g/mol. The fraction of sp³-hybridized carbons (Fsp3) is 0.200. The molecule has 0 aliphatic heterocycles.